The van der Waals surface area contributed by atoms with Crippen molar-refractivity contribution in [1.29, 1.82) is 0 Å². The molecule has 8 atom stereocenters. The van der Waals surface area contributed by atoms with E-state index >= 15 is 0 Å². The highest BCUT2D eigenvalue weighted by atomic mass is 16.3. The van der Waals surface area contributed by atoms with Gasteiger partial charge in [-0.25, -0.2) is 0 Å². The first-order chi connectivity index (χ1) is 8.99. The number of nitrogens with zero attached hydrogens (tertiary/aromatic N) is 1. The highest BCUT2D eigenvalue weighted by Crippen LogP contribution is 2.65. The maximum absolute atomic E-state index is 11.4. The highest BCUT2D eigenvalue weighted by molar-refractivity contribution is 5.14. The number of nitroso groups, excluding NO2 is 1. The third kappa shape index (κ3) is 1.96. The molecular formula is C16H27NO2. The fourth-order valence-electron chi connectivity index (χ4n) is 5.22. The molecule has 3 heteroatoms. The van der Waals surface area contributed by atoms with Gasteiger partial charge in [-0.2, -0.15) is 4.91 Å². The molecule has 3 aliphatic carbocycles. The van der Waals surface area contributed by atoms with Gasteiger partial charge in [-0.05, 0) is 68.1 Å². The molecule has 3 rings (SSSR count). The molecule has 3 fully saturated rings. The fourth-order valence-corrected chi connectivity index (χ4v) is 5.22. The Bertz CT molecular complexity index is 372. The molecule has 19 heavy (non-hydrogen) atoms. The Hall–Kier alpha value is -0.440. The Labute approximate surface area is 116 Å². The van der Waals surface area contributed by atoms with Gasteiger partial charge in [0.15, 0.2) is 0 Å². The summed E-state index contributed by atoms with van der Waals surface area (Å²) in [6.45, 7) is 6.53. The van der Waals surface area contributed by atoms with Gasteiger partial charge in [0.1, 0.15) is 5.54 Å². The van der Waals surface area contributed by atoms with E-state index in [0.29, 0.717) is 29.6 Å². The molecule has 0 aromatic rings. The Morgan fingerprint density at radius 3 is 2.53 bits per heavy atom. The molecule has 1 N–H and O–H groups in total. The van der Waals surface area contributed by atoms with Crippen molar-refractivity contribution in [2.75, 3.05) is 0 Å². The van der Waals surface area contributed by atoms with Crippen LogP contribution in [0.15, 0.2) is 5.18 Å². The van der Waals surface area contributed by atoms with E-state index < -0.39 is 0 Å². The van der Waals surface area contributed by atoms with Crippen LogP contribution in [0.25, 0.3) is 0 Å². The summed E-state index contributed by atoms with van der Waals surface area (Å²) in [6.07, 6.45) is 5.41. The lowest BCUT2D eigenvalue weighted by Crippen LogP contribution is -2.47. The number of aliphatic hydroxyl groups excluding tert-OH is 1. The van der Waals surface area contributed by atoms with Crippen molar-refractivity contribution in [3.8, 4) is 0 Å². The first-order valence-corrected chi connectivity index (χ1v) is 8.01. The minimum absolute atomic E-state index is 0.119. The lowest BCUT2D eigenvalue weighted by molar-refractivity contribution is 0.0104. The predicted molar refractivity (Wildman–Crippen MR) is 75.6 cm³/mol. The van der Waals surface area contributed by atoms with Gasteiger partial charge in [-0.15, -0.1) is 0 Å². The van der Waals surface area contributed by atoms with Gasteiger partial charge in [0.05, 0.1) is 6.10 Å². The quantitative estimate of drug-likeness (QED) is 0.736. The molecule has 3 nitrogen and oxygen atoms in total. The van der Waals surface area contributed by atoms with Gasteiger partial charge in [-0.3, -0.25) is 0 Å². The average molecular weight is 265 g/mol. The molecule has 0 saturated heterocycles. The monoisotopic (exact) mass is 265 g/mol. The first kappa shape index (κ1) is 13.5. The first-order valence-electron chi connectivity index (χ1n) is 8.01. The van der Waals surface area contributed by atoms with Gasteiger partial charge in [0.25, 0.3) is 0 Å². The maximum atomic E-state index is 11.4. The SMILES string of the molecule is CC1CC2C3CC3C(C)(N=O)C(C)[C@H]2CCCC1O. The van der Waals surface area contributed by atoms with Crippen molar-refractivity contribution in [2.24, 2.45) is 40.7 Å². The molecule has 3 aliphatic rings. The molecule has 0 aliphatic heterocycles. The lowest BCUT2D eigenvalue weighted by atomic mass is 9.60. The number of aliphatic hydroxyl groups is 1. The van der Waals surface area contributed by atoms with Gasteiger partial charge in [0.2, 0.25) is 0 Å². The third-order valence-corrected chi connectivity index (χ3v) is 6.79. The Balaban J connectivity index is 1.85. The standard InChI is InChI=1S/C16H27NO2/c1-9-7-12-11(5-4-6-15(9)18)10(2)16(3,17-19)14-8-13(12)14/h9-15,18H,4-8H2,1-3H3/t9?,10?,11-,12?,13?,14?,15?,16?/m1/s1. The van der Waals surface area contributed by atoms with Crippen LogP contribution in [0.2, 0.25) is 0 Å². The minimum atomic E-state index is -0.327. The van der Waals surface area contributed by atoms with Crippen molar-refractivity contribution in [3.05, 3.63) is 4.91 Å². The summed E-state index contributed by atoms with van der Waals surface area (Å²) >= 11 is 0. The van der Waals surface area contributed by atoms with Crippen molar-refractivity contribution in [3.63, 3.8) is 0 Å². The molecule has 108 valence electrons. The minimum Gasteiger partial charge on any atom is -0.393 e. The van der Waals surface area contributed by atoms with E-state index in [1.54, 1.807) is 0 Å². The lowest BCUT2D eigenvalue weighted by Gasteiger charge is -2.46. The molecule has 7 unspecified atom stereocenters. The Morgan fingerprint density at radius 2 is 1.84 bits per heavy atom. The van der Waals surface area contributed by atoms with Crippen LogP contribution in [-0.2, 0) is 0 Å². The number of fused-ring (bicyclic) bond motifs is 3. The van der Waals surface area contributed by atoms with Crippen molar-refractivity contribution >= 4 is 0 Å². The molecule has 0 aromatic heterocycles. The normalized spacial score (nSPS) is 57.4. The smallest absolute Gasteiger partial charge is 0.106 e. The van der Waals surface area contributed by atoms with Gasteiger partial charge in [0, 0.05) is 0 Å². The number of hydrogen-bond acceptors (Lipinski definition) is 3. The van der Waals surface area contributed by atoms with E-state index in [1.165, 1.54) is 12.8 Å². The predicted octanol–water partition coefficient (Wildman–Crippen LogP) is 3.60. The summed E-state index contributed by atoms with van der Waals surface area (Å²) in [6, 6.07) is 0. The third-order valence-electron chi connectivity index (χ3n) is 6.79. The zero-order chi connectivity index (χ0) is 13.8. The van der Waals surface area contributed by atoms with Gasteiger partial charge in [-0.1, -0.05) is 25.4 Å². The second-order valence-corrected chi connectivity index (χ2v) is 7.65. The highest BCUT2D eigenvalue weighted by Gasteiger charge is 2.63. The van der Waals surface area contributed by atoms with Crippen LogP contribution < -0.4 is 0 Å². The molecule has 3 saturated carbocycles. The molecule has 0 spiro atoms. The van der Waals surface area contributed by atoms with Crippen LogP contribution >= 0.6 is 0 Å². The van der Waals surface area contributed by atoms with Crippen LogP contribution in [0.4, 0.5) is 0 Å². The maximum Gasteiger partial charge on any atom is 0.106 e. The molecule has 0 aromatic carbocycles. The molecule has 0 heterocycles. The van der Waals surface area contributed by atoms with E-state index in [2.05, 4.69) is 25.9 Å². The van der Waals surface area contributed by atoms with E-state index in [-0.39, 0.29) is 11.6 Å². The fraction of sp³-hybridized carbons (Fsp3) is 1.00. The van der Waals surface area contributed by atoms with Crippen LogP contribution in [0.1, 0.15) is 52.9 Å². The molecular weight excluding hydrogens is 238 g/mol. The number of rotatable bonds is 1. The number of hydrogen-bond donors (Lipinski definition) is 1. The van der Waals surface area contributed by atoms with Crippen LogP contribution in [0.3, 0.4) is 0 Å². The summed E-state index contributed by atoms with van der Waals surface area (Å²) in [5.74, 6) is 3.40. The summed E-state index contributed by atoms with van der Waals surface area (Å²) in [7, 11) is 0. The van der Waals surface area contributed by atoms with Crippen molar-refractivity contribution in [2.45, 2.75) is 64.5 Å². The molecule has 0 bridgehead atoms. The summed E-state index contributed by atoms with van der Waals surface area (Å²) in [5.41, 5.74) is -0.327. The summed E-state index contributed by atoms with van der Waals surface area (Å²) < 4.78 is 0. The van der Waals surface area contributed by atoms with Crippen molar-refractivity contribution in [1.82, 2.24) is 0 Å². The van der Waals surface area contributed by atoms with Crippen LogP contribution in [0, 0.1) is 40.4 Å². The largest absolute Gasteiger partial charge is 0.393 e. The van der Waals surface area contributed by atoms with Gasteiger partial charge >= 0.3 is 0 Å². The van der Waals surface area contributed by atoms with E-state index in [0.717, 1.165) is 25.2 Å². The zero-order valence-corrected chi connectivity index (χ0v) is 12.4. The van der Waals surface area contributed by atoms with Crippen molar-refractivity contribution < 1.29 is 5.11 Å². The van der Waals surface area contributed by atoms with E-state index in [9.17, 15) is 10.0 Å². The topological polar surface area (TPSA) is 49.7 Å². The van der Waals surface area contributed by atoms with E-state index in [4.69, 9.17) is 0 Å². The molecule has 0 radical (unpaired) electrons. The zero-order valence-electron chi connectivity index (χ0n) is 12.4. The van der Waals surface area contributed by atoms with Crippen LogP contribution in [0.5, 0.6) is 0 Å². The Morgan fingerprint density at radius 1 is 1.11 bits per heavy atom. The Kier molecular flexibility index (Phi) is 3.24. The van der Waals surface area contributed by atoms with Gasteiger partial charge < -0.3 is 5.11 Å². The van der Waals surface area contributed by atoms with E-state index in [1.807, 2.05) is 0 Å². The second-order valence-electron chi connectivity index (χ2n) is 7.65. The summed E-state index contributed by atoms with van der Waals surface area (Å²) in [5, 5.41) is 13.7. The molecule has 0 amide bonds. The second kappa shape index (κ2) is 4.54. The van der Waals surface area contributed by atoms with Crippen LogP contribution in [-0.4, -0.2) is 16.7 Å². The summed E-state index contributed by atoms with van der Waals surface area (Å²) in [4.78, 5) is 11.4. The average Bonchev–Trinajstić information content (AvgIpc) is 3.17.